The van der Waals surface area contributed by atoms with Crippen LogP contribution in [0.4, 0.5) is 5.69 Å². The number of aromatic nitrogens is 1. The van der Waals surface area contributed by atoms with Crippen LogP contribution in [0.25, 0.3) is 0 Å². The van der Waals surface area contributed by atoms with Gasteiger partial charge in [-0.05, 0) is 50.2 Å². The van der Waals surface area contributed by atoms with Crippen LogP contribution >= 0.6 is 0 Å². The van der Waals surface area contributed by atoms with E-state index < -0.39 is 0 Å². The first-order valence-electron chi connectivity index (χ1n) is 10.9. The number of oxazole rings is 1. The van der Waals surface area contributed by atoms with Gasteiger partial charge in [-0.25, -0.2) is 4.98 Å². The minimum absolute atomic E-state index is 0.0434. The molecule has 3 N–H and O–H groups in total. The van der Waals surface area contributed by atoms with Crippen LogP contribution in [-0.2, 0) is 9.59 Å². The first-order chi connectivity index (χ1) is 15.6. The molecule has 32 heavy (non-hydrogen) atoms. The predicted octanol–water partition coefficient (Wildman–Crippen LogP) is 2.31. The highest BCUT2D eigenvalue weighted by molar-refractivity contribution is 5.92. The third-order valence-corrected chi connectivity index (χ3v) is 6.07. The topological polar surface area (TPSA) is 125 Å². The van der Waals surface area contributed by atoms with Crippen molar-refractivity contribution in [2.75, 3.05) is 24.5 Å². The average Bonchev–Trinajstić information content (AvgIpc) is 3.52. The lowest BCUT2D eigenvalue weighted by Crippen LogP contribution is -2.42. The molecule has 0 bridgehead atoms. The fourth-order valence-electron chi connectivity index (χ4n) is 4.35. The van der Waals surface area contributed by atoms with Crippen LogP contribution in [-0.4, -0.2) is 54.1 Å². The molecule has 1 aliphatic carbocycles. The van der Waals surface area contributed by atoms with Gasteiger partial charge in [0.15, 0.2) is 12.1 Å². The van der Waals surface area contributed by atoms with E-state index >= 15 is 0 Å². The Morgan fingerprint density at radius 3 is 2.53 bits per heavy atom. The normalized spacial score (nSPS) is 22.4. The van der Waals surface area contributed by atoms with E-state index in [0.717, 1.165) is 51.7 Å². The fourth-order valence-corrected chi connectivity index (χ4v) is 4.35. The lowest BCUT2D eigenvalue weighted by molar-refractivity contribution is -0.126. The first-order valence-corrected chi connectivity index (χ1v) is 10.9. The predicted molar refractivity (Wildman–Crippen MR) is 118 cm³/mol. The van der Waals surface area contributed by atoms with Gasteiger partial charge in [-0.15, -0.1) is 0 Å². The van der Waals surface area contributed by atoms with Crippen molar-refractivity contribution in [3.8, 4) is 0 Å². The summed E-state index contributed by atoms with van der Waals surface area (Å²) in [4.78, 5) is 39.3. The van der Waals surface area contributed by atoms with Gasteiger partial charge in [0, 0.05) is 37.3 Å². The number of hydrogen-bond acceptors (Lipinski definition) is 6. The summed E-state index contributed by atoms with van der Waals surface area (Å²) in [5, 5.41) is 13.0. The summed E-state index contributed by atoms with van der Waals surface area (Å²) in [6.07, 6.45) is 6.93. The highest BCUT2D eigenvalue weighted by Gasteiger charge is 2.29. The number of anilines is 1. The Kier molecular flexibility index (Phi) is 8.65. The van der Waals surface area contributed by atoms with Gasteiger partial charge in [-0.2, -0.15) is 0 Å². The molecule has 2 fully saturated rings. The lowest BCUT2D eigenvalue weighted by Gasteiger charge is -2.28. The zero-order valence-electron chi connectivity index (χ0n) is 18.0. The van der Waals surface area contributed by atoms with E-state index in [9.17, 15) is 9.59 Å². The van der Waals surface area contributed by atoms with Gasteiger partial charge in [0.1, 0.15) is 6.26 Å². The van der Waals surface area contributed by atoms with Gasteiger partial charge in [0.2, 0.25) is 5.91 Å². The SMILES string of the molecule is O=C(NC1CCC(C(=O)NCC2CCN(c3ccccc3)C2)CC1)c1cocn1.O=CO. The zero-order valence-corrected chi connectivity index (χ0v) is 18.0. The van der Waals surface area contributed by atoms with Gasteiger partial charge in [0.25, 0.3) is 12.4 Å². The second-order valence-electron chi connectivity index (χ2n) is 8.18. The van der Waals surface area contributed by atoms with E-state index in [4.69, 9.17) is 14.3 Å². The molecule has 0 radical (unpaired) electrons. The van der Waals surface area contributed by atoms with Crippen molar-refractivity contribution in [1.82, 2.24) is 15.6 Å². The summed E-state index contributed by atoms with van der Waals surface area (Å²) < 4.78 is 4.85. The molecule has 1 saturated carbocycles. The number of benzene rings is 1. The lowest BCUT2D eigenvalue weighted by atomic mass is 9.85. The Morgan fingerprint density at radius 2 is 1.88 bits per heavy atom. The molecule has 1 atom stereocenters. The summed E-state index contributed by atoms with van der Waals surface area (Å²) in [7, 11) is 0. The molecule has 1 aromatic heterocycles. The van der Waals surface area contributed by atoms with E-state index in [1.807, 2.05) is 6.07 Å². The van der Waals surface area contributed by atoms with E-state index in [2.05, 4.69) is 44.8 Å². The molecule has 0 spiro atoms. The largest absolute Gasteiger partial charge is 0.483 e. The number of carbonyl (C=O) groups is 3. The molecule has 2 aromatic rings. The van der Waals surface area contributed by atoms with Gasteiger partial charge in [-0.1, -0.05) is 18.2 Å². The maximum absolute atomic E-state index is 12.6. The number of carbonyl (C=O) groups excluding carboxylic acids is 2. The van der Waals surface area contributed by atoms with Gasteiger partial charge < -0.3 is 25.1 Å². The number of amides is 2. The summed E-state index contributed by atoms with van der Waals surface area (Å²) in [6.45, 7) is 2.52. The smallest absolute Gasteiger partial charge is 0.290 e. The quantitative estimate of drug-likeness (QED) is 0.586. The molecule has 2 heterocycles. The van der Waals surface area contributed by atoms with Crippen LogP contribution in [0.2, 0.25) is 0 Å². The maximum atomic E-state index is 12.6. The number of hydrogen-bond donors (Lipinski definition) is 3. The standard InChI is InChI=1S/C22H28N4O3.CH2O2/c27-21(23-12-16-10-11-26(13-16)19-4-2-1-3-5-19)17-6-8-18(9-7-17)25-22(28)20-14-29-15-24-20;2-1-3/h1-5,14-18H,6-13H2,(H,23,27)(H,25,28);1H,(H,2,3). The number of nitrogens with one attached hydrogen (secondary N) is 2. The second kappa shape index (κ2) is 11.9. The molecule has 9 nitrogen and oxygen atoms in total. The molecular formula is C23H30N4O5. The molecule has 1 saturated heterocycles. The Labute approximate surface area is 187 Å². The van der Waals surface area contributed by atoms with Gasteiger partial charge in [-0.3, -0.25) is 14.4 Å². The maximum Gasteiger partial charge on any atom is 0.290 e. The molecule has 9 heteroatoms. The third-order valence-electron chi connectivity index (χ3n) is 6.07. The molecule has 2 amide bonds. The number of nitrogens with zero attached hydrogens (tertiary/aromatic N) is 2. The number of rotatable bonds is 6. The molecule has 2 aliphatic rings. The summed E-state index contributed by atoms with van der Waals surface area (Å²) in [5.74, 6) is 0.486. The third kappa shape index (κ3) is 6.57. The van der Waals surface area contributed by atoms with E-state index in [-0.39, 0.29) is 30.2 Å². The Balaban J connectivity index is 0.000000913. The Bertz CT molecular complexity index is 851. The van der Waals surface area contributed by atoms with Crippen LogP contribution in [0.5, 0.6) is 0 Å². The van der Waals surface area contributed by atoms with E-state index in [1.165, 1.54) is 18.3 Å². The second-order valence-corrected chi connectivity index (χ2v) is 8.18. The monoisotopic (exact) mass is 442 g/mol. The highest BCUT2D eigenvalue weighted by atomic mass is 16.3. The Hall–Kier alpha value is -3.36. The molecule has 4 rings (SSSR count). The first kappa shape index (κ1) is 23.3. The van der Waals surface area contributed by atoms with Crippen molar-refractivity contribution in [3.05, 3.63) is 48.7 Å². The zero-order chi connectivity index (χ0) is 22.8. The van der Waals surface area contributed by atoms with Crippen LogP contribution in [0.3, 0.4) is 0 Å². The number of para-hydroxylation sites is 1. The fraction of sp³-hybridized carbons (Fsp3) is 0.478. The average molecular weight is 443 g/mol. The van der Waals surface area contributed by atoms with E-state index in [0.29, 0.717) is 11.6 Å². The van der Waals surface area contributed by atoms with Crippen molar-refractivity contribution in [2.24, 2.45) is 11.8 Å². The van der Waals surface area contributed by atoms with Crippen molar-refractivity contribution < 1.29 is 23.9 Å². The van der Waals surface area contributed by atoms with Crippen LogP contribution in [0.15, 0.2) is 47.4 Å². The summed E-state index contributed by atoms with van der Waals surface area (Å²) in [6, 6.07) is 10.5. The minimum Gasteiger partial charge on any atom is -0.483 e. The summed E-state index contributed by atoms with van der Waals surface area (Å²) in [5.41, 5.74) is 1.55. The van der Waals surface area contributed by atoms with E-state index in [1.54, 1.807) is 0 Å². The van der Waals surface area contributed by atoms with Crippen LogP contribution in [0.1, 0.15) is 42.6 Å². The van der Waals surface area contributed by atoms with Crippen molar-refractivity contribution >= 4 is 24.0 Å². The summed E-state index contributed by atoms with van der Waals surface area (Å²) >= 11 is 0. The number of carboxylic acid groups (broad SMARTS) is 1. The van der Waals surface area contributed by atoms with Crippen molar-refractivity contribution in [1.29, 1.82) is 0 Å². The van der Waals surface area contributed by atoms with Crippen LogP contribution in [0, 0.1) is 11.8 Å². The minimum atomic E-state index is -0.250. The van der Waals surface area contributed by atoms with Crippen molar-refractivity contribution in [3.63, 3.8) is 0 Å². The molecular weight excluding hydrogens is 412 g/mol. The highest BCUT2D eigenvalue weighted by Crippen LogP contribution is 2.26. The molecule has 1 unspecified atom stereocenters. The van der Waals surface area contributed by atoms with Crippen LogP contribution < -0.4 is 15.5 Å². The Morgan fingerprint density at radius 1 is 1.16 bits per heavy atom. The van der Waals surface area contributed by atoms with Gasteiger partial charge >= 0.3 is 0 Å². The molecule has 1 aliphatic heterocycles. The van der Waals surface area contributed by atoms with Gasteiger partial charge in [0.05, 0.1) is 0 Å². The van der Waals surface area contributed by atoms with Crippen molar-refractivity contribution in [2.45, 2.75) is 38.1 Å². The molecule has 172 valence electrons. The molecule has 1 aromatic carbocycles.